The molecule has 2 N–H and O–H groups in total. The number of halogens is 1. The average Bonchev–Trinajstić information content (AvgIpc) is 2.54. The molecule has 1 unspecified atom stereocenters. The summed E-state index contributed by atoms with van der Waals surface area (Å²) in [7, 11) is 0. The molecule has 0 saturated carbocycles. The second-order valence-electron chi connectivity index (χ2n) is 6.01. The van der Waals surface area contributed by atoms with E-state index in [2.05, 4.69) is 4.90 Å². The molecule has 1 fully saturated rings. The van der Waals surface area contributed by atoms with Crippen LogP contribution in [0.15, 0.2) is 12.1 Å². The van der Waals surface area contributed by atoms with Crippen LogP contribution in [0.3, 0.4) is 0 Å². The zero-order valence-electron chi connectivity index (χ0n) is 12.5. The Bertz CT molecular complexity index is 559. The number of carbonyl (C=O) groups excluding carboxylic acids is 1. The van der Waals surface area contributed by atoms with Gasteiger partial charge < -0.3 is 4.74 Å². The van der Waals surface area contributed by atoms with Gasteiger partial charge >= 0.3 is 0 Å². The predicted octanol–water partition coefficient (Wildman–Crippen LogP) is 1.87. The summed E-state index contributed by atoms with van der Waals surface area (Å²) in [5.41, 5.74) is 3.20. The van der Waals surface area contributed by atoms with Crippen molar-refractivity contribution in [2.75, 3.05) is 19.7 Å². The minimum atomic E-state index is -0.686. The molecule has 1 atom stereocenters. The lowest BCUT2D eigenvalue weighted by molar-refractivity contribution is -0.00810. The van der Waals surface area contributed by atoms with Crippen molar-refractivity contribution in [3.63, 3.8) is 0 Å². The molecule has 0 radical (unpaired) electrons. The molecule has 6 heteroatoms. The maximum Gasteiger partial charge on any atom is 0.274 e. The van der Waals surface area contributed by atoms with E-state index in [0.717, 1.165) is 38.1 Å². The quantitative estimate of drug-likeness (QED) is 0.661. The topological polar surface area (TPSA) is 61.8 Å². The number of ether oxygens (including phenoxy) is 1. The molecular weight excluding hydrogens is 287 g/mol. The third kappa shape index (κ3) is 3.29. The van der Waals surface area contributed by atoms with Crippen LogP contribution < -0.4 is 5.48 Å². The standard InChI is InChI=1S/C16H21FN2O3/c17-15-8-11(16(20)18-21)7-12-9-19(5-4-14(12)15)10-13-3-1-2-6-22-13/h7-8,13,21H,1-6,9-10H2,(H,18,20). The van der Waals surface area contributed by atoms with E-state index in [0.29, 0.717) is 18.5 Å². The Morgan fingerprint density at radius 3 is 3.05 bits per heavy atom. The lowest BCUT2D eigenvalue weighted by Gasteiger charge is -2.33. The average molecular weight is 308 g/mol. The summed E-state index contributed by atoms with van der Waals surface area (Å²) in [5, 5.41) is 8.70. The molecule has 1 aromatic rings. The number of hydrogen-bond acceptors (Lipinski definition) is 4. The zero-order valence-corrected chi connectivity index (χ0v) is 12.5. The third-order valence-corrected chi connectivity index (χ3v) is 4.46. The first-order chi connectivity index (χ1) is 10.7. The number of nitrogens with zero attached hydrogens (tertiary/aromatic N) is 1. The summed E-state index contributed by atoms with van der Waals surface area (Å²) < 4.78 is 19.9. The highest BCUT2D eigenvalue weighted by Crippen LogP contribution is 2.25. The third-order valence-electron chi connectivity index (χ3n) is 4.46. The van der Waals surface area contributed by atoms with E-state index < -0.39 is 5.91 Å². The molecule has 1 saturated heterocycles. The van der Waals surface area contributed by atoms with Crippen LogP contribution >= 0.6 is 0 Å². The van der Waals surface area contributed by atoms with Crippen LogP contribution in [-0.4, -0.2) is 41.8 Å². The van der Waals surface area contributed by atoms with E-state index in [1.54, 1.807) is 11.5 Å². The van der Waals surface area contributed by atoms with Crippen LogP contribution in [0.25, 0.3) is 0 Å². The highest BCUT2D eigenvalue weighted by Gasteiger charge is 2.24. The predicted molar refractivity (Wildman–Crippen MR) is 78.2 cm³/mol. The number of hydrogen-bond donors (Lipinski definition) is 2. The van der Waals surface area contributed by atoms with Crippen molar-refractivity contribution >= 4 is 5.91 Å². The highest BCUT2D eigenvalue weighted by molar-refractivity contribution is 5.93. The van der Waals surface area contributed by atoms with Gasteiger partial charge in [-0.2, -0.15) is 0 Å². The lowest BCUT2D eigenvalue weighted by atomic mass is 9.96. The first-order valence-corrected chi connectivity index (χ1v) is 7.77. The molecule has 0 aliphatic carbocycles. The van der Waals surface area contributed by atoms with Gasteiger partial charge in [-0.1, -0.05) is 0 Å². The Labute approximate surface area is 129 Å². The maximum absolute atomic E-state index is 14.1. The SMILES string of the molecule is O=C(NO)c1cc(F)c2c(c1)CN(CC1CCCCO1)CC2. The second kappa shape index (κ2) is 6.73. The molecule has 0 bridgehead atoms. The largest absolute Gasteiger partial charge is 0.377 e. The van der Waals surface area contributed by atoms with E-state index >= 15 is 0 Å². The van der Waals surface area contributed by atoms with E-state index in [-0.39, 0.29) is 17.5 Å². The van der Waals surface area contributed by atoms with Gasteiger partial charge in [0.15, 0.2) is 0 Å². The van der Waals surface area contributed by atoms with Crippen molar-refractivity contribution in [1.29, 1.82) is 0 Å². The fourth-order valence-electron chi connectivity index (χ4n) is 3.30. The molecule has 1 aromatic carbocycles. The van der Waals surface area contributed by atoms with Crippen molar-refractivity contribution < 1.29 is 19.1 Å². The van der Waals surface area contributed by atoms with Gasteiger partial charge in [0.2, 0.25) is 0 Å². The molecule has 120 valence electrons. The van der Waals surface area contributed by atoms with Crippen LogP contribution in [0.2, 0.25) is 0 Å². The molecule has 2 aliphatic heterocycles. The van der Waals surface area contributed by atoms with Crippen LogP contribution in [0, 0.1) is 5.82 Å². The number of amides is 1. The number of hydroxylamine groups is 1. The van der Waals surface area contributed by atoms with E-state index in [1.807, 2.05) is 0 Å². The van der Waals surface area contributed by atoms with Crippen LogP contribution in [0.5, 0.6) is 0 Å². The fraction of sp³-hybridized carbons (Fsp3) is 0.562. The first kappa shape index (κ1) is 15.4. The molecule has 2 aliphatic rings. The van der Waals surface area contributed by atoms with Crippen molar-refractivity contribution in [2.45, 2.75) is 38.3 Å². The number of nitrogens with one attached hydrogen (secondary N) is 1. The van der Waals surface area contributed by atoms with Gasteiger partial charge in [0.25, 0.3) is 5.91 Å². The second-order valence-corrected chi connectivity index (χ2v) is 6.01. The maximum atomic E-state index is 14.1. The highest BCUT2D eigenvalue weighted by atomic mass is 19.1. The molecule has 2 heterocycles. The molecule has 1 amide bonds. The van der Waals surface area contributed by atoms with Gasteiger partial charge in [-0.25, -0.2) is 9.87 Å². The summed E-state index contributed by atoms with van der Waals surface area (Å²) >= 11 is 0. The number of fused-ring (bicyclic) bond motifs is 1. The Balaban J connectivity index is 1.73. The fourth-order valence-corrected chi connectivity index (χ4v) is 3.30. The summed E-state index contributed by atoms with van der Waals surface area (Å²) in [4.78, 5) is 13.7. The summed E-state index contributed by atoms with van der Waals surface area (Å²) in [5.74, 6) is -1.06. The number of rotatable bonds is 3. The Hall–Kier alpha value is -1.50. The minimum Gasteiger partial charge on any atom is -0.377 e. The number of carbonyl (C=O) groups is 1. The smallest absolute Gasteiger partial charge is 0.274 e. The summed E-state index contributed by atoms with van der Waals surface area (Å²) in [6.07, 6.45) is 4.29. The van der Waals surface area contributed by atoms with E-state index in [1.165, 1.54) is 12.5 Å². The number of benzene rings is 1. The molecule has 0 spiro atoms. The zero-order chi connectivity index (χ0) is 15.5. The van der Waals surface area contributed by atoms with Crippen molar-refractivity contribution in [2.24, 2.45) is 0 Å². The van der Waals surface area contributed by atoms with Crippen LogP contribution in [0.1, 0.15) is 40.7 Å². The molecule has 22 heavy (non-hydrogen) atoms. The van der Waals surface area contributed by atoms with Crippen LogP contribution in [0.4, 0.5) is 4.39 Å². The van der Waals surface area contributed by atoms with Crippen LogP contribution in [-0.2, 0) is 17.7 Å². The van der Waals surface area contributed by atoms with Crippen molar-refractivity contribution in [3.8, 4) is 0 Å². The Kier molecular flexibility index (Phi) is 4.71. The Morgan fingerprint density at radius 2 is 2.32 bits per heavy atom. The summed E-state index contributed by atoms with van der Waals surface area (Å²) in [6, 6.07) is 2.85. The normalized spacial score (nSPS) is 22.2. The molecule has 5 nitrogen and oxygen atoms in total. The summed E-state index contributed by atoms with van der Waals surface area (Å²) in [6.45, 7) is 3.08. The Morgan fingerprint density at radius 1 is 1.45 bits per heavy atom. The van der Waals surface area contributed by atoms with Gasteiger partial charge in [-0.15, -0.1) is 0 Å². The van der Waals surface area contributed by atoms with Gasteiger partial charge in [-0.3, -0.25) is 14.9 Å². The monoisotopic (exact) mass is 308 g/mol. The lowest BCUT2D eigenvalue weighted by Crippen LogP contribution is -2.39. The van der Waals surface area contributed by atoms with Gasteiger partial charge in [0, 0.05) is 31.8 Å². The van der Waals surface area contributed by atoms with Gasteiger partial charge in [0.1, 0.15) is 5.82 Å². The van der Waals surface area contributed by atoms with Gasteiger partial charge in [0.05, 0.1) is 6.10 Å². The minimum absolute atomic E-state index is 0.148. The first-order valence-electron chi connectivity index (χ1n) is 7.77. The van der Waals surface area contributed by atoms with Gasteiger partial charge in [-0.05, 0) is 48.9 Å². The van der Waals surface area contributed by atoms with Crippen molar-refractivity contribution in [3.05, 3.63) is 34.6 Å². The van der Waals surface area contributed by atoms with E-state index in [9.17, 15) is 9.18 Å². The molecule has 0 aromatic heterocycles. The van der Waals surface area contributed by atoms with Crippen molar-refractivity contribution in [1.82, 2.24) is 10.4 Å². The molecular formula is C16H21FN2O3. The molecule has 3 rings (SSSR count). The van der Waals surface area contributed by atoms with E-state index in [4.69, 9.17) is 9.94 Å².